The fourth-order valence-electron chi connectivity index (χ4n) is 5.67. The van der Waals surface area contributed by atoms with Gasteiger partial charge in [-0.25, -0.2) is 18.9 Å². The van der Waals surface area contributed by atoms with Crippen LogP contribution in [0.4, 0.5) is 10.2 Å². The van der Waals surface area contributed by atoms with E-state index in [1.165, 1.54) is 21.0 Å². The maximum atomic E-state index is 14.6. The molecule has 3 amide bonds. The van der Waals surface area contributed by atoms with Gasteiger partial charge >= 0.3 is 0 Å². The van der Waals surface area contributed by atoms with Crippen LogP contribution in [0, 0.1) is 0 Å². The number of hydrogen-bond donors (Lipinski definition) is 2. The Morgan fingerprint density at radius 2 is 1.92 bits per heavy atom. The summed E-state index contributed by atoms with van der Waals surface area (Å²) in [5.74, 6) is -1.45. The molecule has 2 atom stereocenters. The van der Waals surface area contributed by atoms with E-state index in [4.69, 9.17) is 4.74 Å². The molecule has 16 heteroatoms. The Balaban J connectivity index is 1.21. The molecule has 49 heavy (non-hydrogen) atoms. The van der Waals surface area contributed by atoms with Crippen LogP contribution in [-0.2, 0) is 20.9 Å². The predicted molar refractivity (Wildman–Crippen MR) is 181 cm³/mol. The maximum Gasteiger partial charge on any atom is 0.271 e. The summed E-state index contributed by atoms with van der Waals surface area (Å²) >= 11 is 3.25. The number of amides is 3. The summed E-state index contributed by atoms with van der Waals surface area (Å²) in [6.07, 6.45) is 2.73. The van der Waals surface area contributed by atoms with Gasteiger partial charge in [0.1, 0.15) is 34.9 Å². The van der Waals surface area contributed by atoms with Crippen molar-refractivity contribution in [1.82, 2.24) is 39.6 Å². The second-order valence-electron chi connectivity index (χ2n) is 11.6. The number of Topliss-reactive ketones (excluding diaryl/α,β-unsaturated/α-hetero) is 1. The van der Waals surface area contributed by atoms with Crippen LogP contribution in [0.25, 0.3) is 27.7 Å². The van der Waals surface area contributed by atoms with Gasteiger partial charge in [-0.3, -0.25) is 23.9 Å². The van der Waals surface area contributed by atoms with Gasteiger partial charge in [-0.15, -0.1) is 0 Å². The van der Waals surface area contributed by atoms with Crippen LogP contribution < -0.4 is 10.6 Å². The van der Waals surface area contributed by atoms with Crippen molar-refractivity contribution in [3.8, 4) is 11.1 Å². The molecule has 5 heterocycles. The molecule has 1 saturated heterocycles. The lowest BCUT2D eigenvalue weighted by Crippen LogP contribution is -2.44. The van der Waals surface area contributed by atoms with E-state index >= 15 is 0 Å². The van der Waals surface area contributed by atoms with Crippen molar-refractivity contribution in [1.29, 1.82) is 0 Å². The number of halogens is 2. The Bertz CT molecular complexity index is 2060. The molecule has 4 aromatic heterocycles. The highest BCUT2D eigenvalue weighted by Gasteiger charge is 2.40. The van der Waals surface area contributed by atoms with Gasteiger partial charge in [-0.2, -0.15) is 10.2 Å². The number of carbonyl (C=O) groups is 4. The summed E-state index contributed by atoms with van der Waals surface area (Å²) in [5.41, 5.74) is 2.71. The molecule has 14 nitrogen and oxygen atoms in total. The molecule has 6 rings (SSSR count). The first-order chi connectivity index (χ1) is 23.6. The third kappa shape index (κ3) is 7.49. The molecular weight excluding hydrogens is 701 g/mol. The minimum atomic E-state index is -1.38. The van der Waals surface area contributed by atoms with Crippen molar-refractivity contribution in [2.45, 2.75) is 45.4 Å². The number of ether oxygens (including phenoxy) is 1. The van der Waals surface area contributed by atoms with Gasteiger partial charge in [0.15, 0.2) is 17.1 Å². The Labute approximate surface area is 288 Å². The minimum absolute atomic E-state index is 0.151. The number of fused-ring (bicyclic) bond motifs is 2. The van der Waals surface area contributed by atoms with E-state index in [2.05, 4.69) is 46.7 Å². The first-order valence-electron chi connectivity index (χ1n) is 15.7. The second kappa shape index (κ2) is 14.6. The highest BCUT2D eigenvalue weighted by atomic mass is 79.9. The first-order valence-corrected chi connectivity index (χ1v) is 16.5. The zero-order chi connectivity index (χ0) is 34.7. The standard InChI is InChI=1S/C33H33BrFN9O5/c1-3-10-49-11-9-36-32(47)24-14-29-37-15-21(16-44(29)40-24)20-7-8-25-23(12-20)31(19(2)45)41-43(25)18-30(46)42-17-22(35)13-26(42)33(48)39-28-6-4-5-27(34)38-28/h4-8,12,14-16,22,26H,3,9-11,13,17-18H2,1-2H3,(H,36,47)(H,38,39,48)/t22-,26+/m1/s1. The Morgan fingerprint density at radius 1 is 1.08 bits per heavy atom. The van der Waals surface area contributed by atoms with Gasteiger partial charge in [0, 0.05) is 55.9 Å². The van der Waals surface area contributed by atoms with Crippen molar-refractivity contribution < 1.29 is 28.3 Å². The van der Waals surface area contributed by atoms with Crippen molar-refractivity contribution in [2.75, 3.05) is 31.6 Å². The summed E-state index contributed by atoms with van der Waals surface area (Å²) in [5, 5.41) is 14.7. The van der Waals surface area contributed by atoms with Crippen molar-refractivity contribution in [3.05, 3.63) is 70.8 Å². The molecule has 0 unspecified atom stereocenters. The fourth-order valence-corrected chi connectivity index (χ4v) is 6.01. The van der Waals surface area contributed by atoms with Crippen molar-refractivity contribution in [3.63, 3.8) is 0 Å². The lowest BCUT2D eigenvalue weighted by molar-refractivity contribution is -0.137. The largest absolute Gasteiger partial charge is 0.380 e. The van der Waals surface area contributed by atoms with Crippen molar-refractivity contribution >= 4 is 61.8 Å². The fraction of sp³-hybridized carbons (Fsp3) is 0.333. The smallest absolute Gasteiger partial charge is 0.271 e. The van der Waals surface area contributed by atoms with E-state index in [9.17, 15) is 23.6 Å². The number of aromatic nitrogens is 6. The third-order valence-electron chi connectivity index (χ3n) is 7.97. The van der Waals surface area contributed by atoms with Gasteiger partial charge in [-0.1, -0.05) is 19.1 Å². The Morgan fingerprint density at radius 3 is 2.69 bits per heavy atom. The molecule has 1 aliphatic rings. The minimum Gasteiger partial charge on any atom is -0.380 e. The number of nitrogens with zero attached hydrogens (tertiary/aromatic N) is 7. The molecule has 0 bridgehead atoms. The Kier molecular flexibility index (Phi) is 10.1. The SMILES string of the molecule is CCCOCCNC(=O)c1cc2ncc(-c3ccc4c(c3)c(C(C)=O)nn4CC(=O)N3C[C@H](F)C[C@H]3C(=O)Nc3cccc(Br)n3)cn2n1. The van der Waals surface area contributed by atoms with Gasteiger partial charge < -0.3 is 20.3 Å². The number of benzene rings is 1. The third-order valence-corrected chi connectivity index (χ3v) is 8.41. The molecule has 0 spiro atoms. The van der Waals surface area contributed by atoms with Crippen LogP contribution in [0.1, 0.15) is 47.7 Å². The molecule has 1 aromatic carbocycles. The summed E-state index contributed by atoms with van der Waals surface area (Å²) in [7, 11) is 0. The Hall–Kier alpha value is -5.09. The molecule has 1 fully saturated rings. The summed E-state index contributed by atoms with van der Waals surface area (Å²) in [6, 6.07) is 10.8. The number of rotatable bonds is 12. The van der Waals surface area contributed by atoms with E-state index < -0.39 is 24.0 Å². The number of alkyl halides is 1. The van der Waals surface area contributed by atoms with Crippen molar-refractivity contribution in [2.24, 2.45) is 0 Å². The van der Waals surface area contributed by atoms with E-state index in [1.807, 2.05) is 6.92 Å². The second-order valence-corrected chi connectivity index (χ2v) is 12.4. The molecule has 0 aliphatic carbocycles. The molecule has 254 valence electrons. The number of nitrogens with one attached hydrogen (secondary N) is 2. The average Bonchev–Trinajstić information content (AvgIpc) is 3.79. The van der Waals surface area contributed by atoms with Crippen LogP contribution >= 0.6 is 15.9 Å². The topological polar surface area (TPSA) is 166 Å². The number of pyridine rings is 1. The van der Waals surface area contributed by atoms with E-state index in [0.717, 1.165) is 6.42 Å². The number of carbonyl (C=O) groups excluding carboxylic acids is 4. The van der Waals surface area contributed by atoms with Crippen LogP contribution in [0.3, 0.4) is 0 Å². The lowest BCUT2D eigenvalue weighted by Gasteiger charge is -2.23. The van der Waals surface area contributed by atoms with Crippen LogP contribution in [0.5, 0.6) is 0 Å². The van der Waals surface area contributed by atoms with Gasteiger partial charge in [0.05, 0.1) is 18.7 Å². The summed E-state index contributed by atoms with van der Waals surface area (Å²) in [6.45, 7) is 4.22. The molecule has 2 N–H and O–H groups in total. The zero-order valence-electron chi connectivity index (χ0n) is 26.7. The number of hydrogen-bond acceptors (Lipinski definition) is 9. The number of ketones is 1. The summed E-state index contributed by atoms with van der Waals surface area (Å²) < 4.78 is 23.4. The molecule has 5 aromatic rings. The normalized spacial score (nSPS) is 16.0. The highest BCUT2D eigenvalue weighted by molar-refractivity contribution is 9.10. The first kappa shape index (κ1) is 33.8. The number of anilines is 1. The zero-order valence-corrected chi connectivity index (χ0v) is 28.3. The predicted octanol–water partition coefficient (Wildman–Crippen LogP) is 3.84. The molecular formula is C33H33BrFN9O5. The van der Waals surface area contributed by atoms with E-state index in [0.29, 0.717) is 52.0 Å². The van der Waals surface area contributed by atoms with Crippen LogP contribution in [0.2, 0.25) is 0 Å². The molecule has 0 radical (unpaired) electrons. The van der Waals surface area contributed by atoms with Gasteiger partial charge in [0.25, 0.3) is 5.91 Å². The molecule has 1 aliphatic heterocycles. The lowest BCUT2D eigenvalue weighted by atomic mass is 10.0. The monoisotopic (exact) mass is 733 g/mol. The van der Waals surface area contributed by atoms with Gasteiger partial charge in [0.2, 0.25) is 11.8 Å². The maximum absolute atomic E-state index is 14.6. The average molecular weight is 735 g/mol. The summed E-state index contributed by atoms with van der Waals surface area (Å²) in [4.78, 5) is 61.7. The molecule has 0 saturated carbocycles. The van der Waals surface area contributed by atoms with E-state index in [-0.39, 0.29) is 48.4 Å². The quantitative estimate of drug-likeness (QED) is 0.110. The van der Waals surface area contributed by atoms with Gasteiger partial charge in [-0.05, 0) is 52.2 Å². The number of likely N-dealkylation sites (tertiary alicyclic amines) is 1. The van der Waals surface area contributed by atoms with E-state index in [1.54, 1.807) is 54.9 Å². The van der Waals surface area contributed by atoms with Crippen LogP contribution in [-0.4, -0.2) is 96.3 Å². The highest BCUT2D eigenvalue weighted by Crippen LogP contribution is 2.28. The van der Waals surface area contributed by atoms with Crippen LogP contribution in [0.15, 0.2) is 59.5 Å².